The fraction of sp³-hybridized carbons (Fsp3) is 0.222. The van der Waals surface area contributed by atoms with E-state index in [2.05, 4.69) is 0 Å². The first-order valence-electron chi connectivity index (χ1n) is 7.32. The minimum absolute atomic E-state index is 0.190. The molecule has 0 radical (unpaired) electrons. The Morgan fingerprint density at radius 3 is 2.59 bits per heavy atom. The molecular formula is C18H17NO3. The van der Waals surface area contributed by atoms with Crippen LogP contribution in [-0.2, 0) is 7.05 Å². The Kier molecular flexibility index (Phi) is 3.67. The Morgan fingerprint density at radius 1 is 1.14 bits per heavy atom. The second kappa shape index (κ2) is 5.64. The zero-order chi connectivity index (χ0) is 15.7. The van der Waals surface area contributed by atoms with Crippen molar-refractivity contribution in [1.29, 1.82) is 0 Å². The van der Waals surface area contributed by atoms with Gasteiger partial charge in [-0.25, -0.2) is 0 Å². The number of aryl methyl sites for hydroxylation is 1. The van der Waals surface area contributed by atoms with Crippen molar-refractivity contribution < 1.29 is 19.2 Å². The van der Waals surface area contributed by atoms with E-state index in [0.29, 0.717) is 23.1 Å². The number of pyridine rings is 1. The highest BCUT2D eigenvalue weighted by atomic mass is 16.5. The molecule has 0 amide bonds. The quantitative estimate of drug-likeness (QED) is 0.546. The van der Waals surface area contributed by atoms with Gasteiger partial charge in [-0.1, -0.05) is 25.1 Å². The van der Waals surface area contributed by atoms with Crippen LogP contribution in [0.15, 0.2) is 42.5 Å². The van der Waals surface area contributed by atoms with Crippen LogP contribution in [0.1, 0.15) is 23.7 Å². The van der Waals surface area contributed by atoms with Gasteiger partial charge in [0.2, 0.25) is 11.0 Å². The number of carboxylic acids is 1. The van der Waals surface area contributed by atoms with Gasteiger partial charge in [-0.3, -0.25) is 0 Å². The summed E-state index contributed by atoms with van der Waals surface area (Å²) in [6.45, 7) is 2.56. The highest BCUT2D eigenvalue weighted by Gasteiger charge is 2.21. The van der Waals surface area contributed by atoms with Crippen molar-refractivity contribution in [2.75, 3.05) is 6.61 Å². The number of benzene rings is 2. The zero-order valence-corrected chi connectivity index (χ0v) is 12.6. The molecule has 0 aliphatic heterocycles. The predicted octanol–water partition coefficient (Wildman–Crippen LogP) is 1.97. The summed E-state index contributed by atoms with van der Waals surface area (Å²) in [6, 6.07) is 13.0. The van der Waals surface area contributed by atoms with Crippen molar-refractivity contribution in [3.8, 4) is 5.75 Å². The molecule has 0 spiro atoms. The van der Waals surface area contributed by atoms with Gasteiger partial charge in [-0.05, 0) is 18.6 Å². The van der Waals surface area contributed by atoms with E-state index >= 15 is 0 Å². The van der Waals surface area contributed by atoms with Gasteiger partial charge in [0.1, 0.15) is 12.8 Å². The average molecular weight is 295 g/mol. The summed E-state index contributed by atoms with van der Waals surface area (Å²) < 4.78 is 7.74. The molecule has 0 aliphatic rings. The maximum absolute atomic E-state index is 11.8. The van der Waals surface area contributed by atoms with Crippen LogP contribution in [0.4, 0.5) is 0 Å². The fourth-order valence-electron chi connectivity index (χ4n) is 2.84. The lowest BCUT2D eigenvalue weighted by Crippen LogP contribution is -2.33. The first kappa shape index (κ1) is 14.3. The maximum atomic E-state index is 11.8. The summed E-state index contributed by atoms with van der Waals surface area (Å²) in [5.74, 6) is -0.603. The van der Waals surface area contributed by atoms with Gasteiger partial charge in [0.15, 0.2) is 0 Å². The molecule has 112 valence electrons. The van der Waals surface area contributed by atoms with E-state index in [1.807, 2.05) is 48.9 Å². The maximum Gasteiger partial charge on any atom is 0.217 e. The second-order valence-corrected chi connectivity index (χ2v) is 5.24. The van der Waals surface area contributed by atoms with Crippen LogP contribution in [0.25, 0.3) is 21.8 Å². The normalized spacial score (nSPS) is 11.0. The van der Waals surface area contributed by atoms with Crippen LogP contribution in [0.3, 0.4) is 0 Å². The van der Waals surface area contributed by atoms with Crippen LogP contribution in [0, 0.1) is 0 Å². The first-order valence-corrected chi connectivity index (χ1v) is 7.32. The van der Waals surface area contributed by atoms with E-state index in [1.54, 1.807) is 12.1 Å². The van der Waals surface area contributed by atoms with Gasteiger partial charge in [0.05, 0.1) is 23.3 Å². The van der Waals surface area contributed by atoms with E-state index in [1.165, 1.54) is 0 Å². The largest absolute Gasteiger partial charge is 0.545 e. The number of carbonyl (C=O) groups excluding carboxylic acids is 1. The Balaban J connectivity index is 2.49. The lowest BCUT2D eigenvalue weighted by atomic mass is 10.0. The number of hydrogen-bond donors (Lipinski definition) is 0. The summed E-state index contributed by atoms with van der Waals surface area (Å²) in [5.41, 5.74) is 1.85. The lowest BCUT2D eigenvalue weighted by Gasteiger charge is -2.14. The monoisotopic (exact) mass is 295 g/mol. The molecule has 4 nitrogen and oxygen atoms in total. The van der Waals surface area contributed by atoms with Crippen molar-refractivity contribution >= 4 is 27.8 Å². The summed E-state index contributed by atoms with van der Waals surface area (Å²) in [6.07, 6.45) is 0.858. The minimum atomic E-state index is -1.19. The number of hydrogen-bond acceptors (Lipinski definition) is 3. The predicted molar refractivity (Wildman–Crippen MR) is 82.7 cm³/mol. The molecule has 0 atom stereocenters. The molecule has 0 saturated heterocycles. The molecule has 0 bridgehead atoms. The molecule has 0 N–H and O–H groups in total. The molecule has 3 aromatic rings. The summed E-state index contributed by atoms with van der Waals surface area (Å²) >= 11 is 0. The van der Waals surface area contributed by atoms with Crippen molar-refractivity contribution in [3.05, 3.63) is 48.0 Å². The topological polar surface area (TPSA) is 53.2 Å². The Labute approximate surface area is 128 Å². The molecule has 4 heteroatoms. The van der Waals surface area contributed by atoms with Crippen molar-refractivity contribution in [1.82, 2.24) is 0 Å². The Hall–Kier alpha value is -2.62. The zero-order valence-electron chi connectivity index (χ0n) is 12.6. The van der Waals surface area contributed by atoms with E-state index < -0.39 is 5.97 Å². The van der Waals surface area contributed by atoms with Crippen molar-refractivity contribution in [3.63, 3.8) is 0 Å². The standard InChI is InChI=1S/C18H17NO3/c1-3-11-22-15-10-6-9-14-17(15)16(18(20)21)12-7-4-5-8-13(12)19(14)2/h4-10H,3,11H2,1-2H3. The SMILES string of the molecule is CCCOc1cccc2c1c(C(=O)[O-])c1ccccc1[n+]2C. The van der Waals surface area contributed by atoms with Crippen LogP contribution >= 0.6 is 0 Å². The van der Waals surface area contributed by atoms with Crippen molar-refractivity contribution in [2.24, 2.45) is 7.05 Å². The smallest absolute Gasteiger partial charge is 0.217 e. The third-order valence-electron chi connectivity index (χ3n) is 3.82. The molecule has 1 aromatic heterocycles. The molecule has 3 rings (SSSR count). The number of ether oxygens (including phenoxy) is 1. The average Bonchev–Trinajstić information content (AvgIpc) is 2.53. The molecule has 1 heterocycles. The number of para-hydroxylation sites is 1. The lowest BCUT2D eigenvalue weighted by molar-refractivity contribution is -0.617. The Morgan fingerprint density at radius 2 is 1.86 bits per heavy atom. The third-order valence-corrected chi connectivity index (χ3v) is 3.82. The highest BCUT2D eigenvalue weighted by Crippen LogP contribution is 2.31. The van der Waals surface area contributed by atoms with Crippen LogP contribution in [0.5, 0.6) is 5.75 Å². The molecule has 0 aliphatic carbocycles. The van der Waals surface area contributed by atoms with Crippen LogP contribution in [0.2, 0.25) is 0 Å². The second-order valence-electron chi connectivity index (χ2n) is 5.24. The van der Waals surface area contributed by atoms with E-state index in [9.17, 15) is 9.90 Å². The summed E-state index contributed by atoms with van der Waals surface area (Å²) in [4.78, 5) is 11.8. The van der Waals surface area contributed by atoms with Crippen molar-refractivity contribution in [2.45, 2.75) is 13.3 Å². The molecular weight excluding hydrogens is 278 g/mol. The van der Waals surface area contributed by atoms with Gasteiger partial charge in [-0.15, -0.1) is 0 Å². The molecule has 2 aromatic carbocycles. The third kappa shape index (κ3) is 2.17. The van der Waals surface area contributed by atoms with E-state index in [4.69, 9.17) is 4.74 Å². The summed E-state index contributed by atoms with van der Waals surface area (Å²) in [7, 11) is 1.92. The minimum Gasteiger partial charge on any atom is -0.545 e. The van der Waals surface area contributed by atoms with Gasteiger partial charge < -0.3 is 14.6 Å². The van der Waals surface area contributed by atoms with Gasteiger partial charge in [0, 0.05) is 17.7 Å². The molecule has 0 fully saturated rings. The number of rotatable bonds is 4. The van der Waals surface area contributed by atoms with Gasteiger partial charge >= 0.3 is 0 Å². The molecule has 0 unspecified atom stereocenters. The van der Waals surface area contributed by atoms with Crippen LogP contribution in [-0.4, -0.2) is 12.6 Å². The number of fused-ring (bicyclic) bond motifs is 2. The van der Waals surface area contributed by atoms with Gasteiger partial charge in [-0.2, -0.15) is 4.57 Å². The highest BCUT2D eigenvalue weighted by molar-refractivity contribution is 6.13. The Bertz CT molecular complexity index is 871. The number of nitrogens with zero attached hydrogens (tertiary/aromatic N) is 1. The number of carboxylic acid groups (broad SMARTS) is 1. The fourth-order valence-corrected chi connectivity index (χ4v) is 2.84. The first-order chi connectivity index (χ1) is 10.6. The number of aromatic nitrogens is 1. The number of aromatic carboxylic acids is 1. The van der Waals surface area contributed by atoms with E-state index in [0.717, 1.165) is 17.5 Å². The van der Waals surface area contributed by atoms with Gasteiger partial charge in [0.25, 0.3) is 0 Å². The summed E-state index contributed by atoms with van der Waals surface area (Å²) in [5, 5.41) is 13.0. The number of carbonyl (C=O) groups is 1. The molecule has 22 heavy (non-hydrogen) atoms. The van der Waals surface area contributed by atoms with E-state index in [-0.39, 0.29) is 5.56 Å². The molecule has 0 saturated carbocycles. The van der Waals surface area contributed by atoms with Crippen LogP contribution < -0.4 is 14.4 Å².